The van der Waals surface area contributed by atoms with Crippen LogP contribution in [0.4, 0.5) is 10.2 Å². The van der Waals surface area contributed by atoms with Gasteiger partial charge in [-0.3, -0.25) is 9.89 Å². The van der Waals surface area contributed by atoms with Crippen molar-refractivity contribution in [2.75, 3.05) is 31.1 Å². The molecule has 0 saturated carbocycles. The second-order valence-electron chi connectivity index (χ2n) is 6.44. The number of amides is 1. The van der Waals surface area contributed by atoms with Crippen molar-refractivity contribution in [2.45, 2.75) is 0 Å². The number of H-pyrrole nitrogens is 1. The highest BCUT2D eigenvalue weighted by Gasteiger charge is 2.23. The van der Waals surface area contributed by atoms with Crippen LogP contribution in [0.2, 0.25) is 0 Å². The largest absolute Gasteiger partial charge is 0.352 e. The lowest BCUT2D eigenvalue weighted by Gasteiger charge is -2.34. The van der Waals surface area contributed by atoms with E-state index in [4.69, 9.17) is 0 Å². The molecule has 7 heteroatoms. The van der Waals surface area contributed by atoms with Gasteiger partial charge in [-0.2, -0.15) is 5.10 Å². The SMILES string of the molecule is O=C(c1cccc(Br)c1)N1CCN(c2cc(-c3ccc(F)cc3)[nH]n2)CC1. The molecule has 0 aliphatic carbocycles. The Labute approximate surface area is 164 Å². The van der Waals surface area contributed by atoms with E-state index in [0.717, 1.165) is 21.5 Å². The Hall–Kier alpha value is -2.67. The van der Waals surface area contributed by atoms with Crippen LogP contribution >= 0.6 is 15.9 Å². The number of carbonyl (C=O) groups excluding carboxylic acids is 1. The Balaban J connectivity index is 1.41. The zero-order valence-corrected chi connectivity index (χ0v) is 16.1. The number of hydrogen-bond donors (Lipinski definition) is 1. The molecule has 3 aromatic rings. The first kappa shape index (κ1) is 17.7. The van der Waals surface area contributed by atoms with Crippen molar-refractivity contribution in [2.24, 2.45) is 0 Å². The van der Waals surface area contributed by atoms with E-state index >= 15 is 0 Å². The third kappa shape index (κ3) is 3.88. The van der Waals surface area contributed by atoms with E-state index in [0.29, 0.717) is 31.7 Å². The van der Waals surface area contributed by atoms with Gasteiger partial charge in [0.15, 0.2) is 5.82 Å². The second kappa shape index (κ2) is 7.52. The third-order valence-corrected chi connectivity index (χ3v) is 5.18. The monoisotopic (exact) mass is 428 g/mol. The number of nitrogens with zero attached hydrogens (tertiary/aromatic N) is 3. The Morgan fingerprint density at radius 1 is 1.04 bits per heavy atom. The minimum Gasteiger partial charge on any atom is -0.352 e. The van der Waals surface area contributed by atoms with E-state index in [9.17, 15) is 9.18 Å². The molecule has 1 aliphatic rings. The topological polar surface area (TPSA) is 52.2 Å². The van der Waals surface area contributed by atoms with Gasteiger partial charge in [-0.25, -0.2) is 4.39 Å². The first-order valence-electron chi connectivity index (χ1n) is 8.71. The number of carbonyl (C=O) groups is 1. The number of hydrogen-bond acceptors (Lipinski definition) is 3. The van der Waals surface area contributed by atoms with Gasteiger partial charge >= 0.3 is 0 Å². The van der Waals surface area contributed by atoms with Crippen molar-refractivity contribution in [3.05, 3.63) is 70.5 Å². The van der Waals surface area contributed by atoms with Crippen LogP contribution in [0.1, 0.15) is 10.4 Å². The van der Waals surface area contributed by atoms with Crippen LogP contribution in [0, 0.1) is 5.82 Å². The van der Waals surface area contributed by atoms with Gasteiger partial charge in [0.2, 0.25) is 0 Å². The molecule has 2 aromatic carbocycles. The molecule has 2 heterocycles. The van der Waals surface area contributed by atoms with E-state index in [1.807, 2.05) is 35.2 Å². The van der Waals surface area contributed by atoms with Crippen LogP contribution in [0.25, 0.3) is 11.3 Å². The van der Waals surface area contributed by atoms with Gasteiger partial charge in [0.25, 0.3) is 5.91 Å². The lowest BCUT2D eigenvalue weighted by molar-refractivity contribution is 0.0746. The molecular weight excluding hydrogens is 411 g/mol. The standard InChI is InChI=1S/C20H18BrFN4O/c21-16-3-1-2-15(12-16)20(27)26-10-8-25(9-11-26)19-13-18(23-24-19)14-4-6-17(22)7-5-14/h1-7,12-13H,8-11H2,(H,23,24). The summed E-state index contributed by atoms with van der Waals surface area (Å²) in [5.41, 5.74) is 2.42. The molecule has 0 atom stereocenters. The molecule has 1 aliphatic heterocycles. The number of aromatic nitrogens is 2. The third-order valence-electron chi connectivity index (χ3n) is 4.68. The fourth-order valence-corrected chi connectivity index (χ4v) is 3.59. The van der Waals surface area contributed by atoms with Crippen LogP contribution < -0.4 is 4.90 Å². The first-order chi connectivity index (χ1) is 13.1. The average Bonchev–Trinajstić information content (AvgIpc) is 3.18. The summed E-state index contributed by atoms with van der Waals surface area (Å²) in [4.78, 5) is 16.7. The highest BCUT2D eigenvalue weighted by Crippen LogP contribution is 2.23. The fourth-order valence-electron chi connectivity index (χ4n) is 3.19. The van der Waals surface area contributed by atoms with Crippen LogP contribution in [0.3, 0.4) is 0 Å². The molecule has 138 valence electrons. The summed E-state index contributed by atoms with van der Waals surface area (Å²) < 4.78 is 14.0. The number of piperazine rings is 1. The van der Waals surface area contributed by atoms with Crippen molar-refractivity contribution in [3.8, 4) is 11.3 Å². The van der Waals surface area contributed by atoms with E-state index in [-0.39, 0.29) is 11.7 Å². The summed E-state index contributed by atoms with van der Waals surface area (Å²) in [5.74, 6) is 0.624. The Bertz CT molecular complexity index is 949. The molecule has 4 rings (SSSR count). The lowest BCUT2D eigenvalue weighted by atomic mass is 10.1. The maximum Gasteiger partial charge on any atom is 0.254 e. The summed E-state index contributed by atoms with van der Waals surface area (Å²) in [6, 6.07) is 15.7. The van der Waals surface area contributed by atoms with Crippen molar-refractivity contribution < 1.29 is 9.18 Å². The minimum absolute atomic E-state index is 0.0463. The highest BCUT2D eigenvalue weighted by atomic mass is 79.9. The normalized spacial score (nSPS) is 14.4. The second-order valence-corrected chi connectivity index (χ2v) is 7.35. The molecule has 0 spiro atoms. The number of aromatic amines is 1. The maximum atomic E-state index is 13.1. The van der Waals surface area contributed by atoms with Gasteiger partial charge in [-0.05, 0) is 48.0 Å². The predicted octanol–water partition coefficient (Wildman–Crippen LogP) is 3.94. The van der Waals surface area contributed by atoms with E-state index in [1.54, 1.807) is 12.1 Å². The summed E-state index contributed by atoms with van der Waals surface area (Å²) >= 11 is 3.41. The van der Waals surface area contributed by atoms with Gasteiger partial charge in [-0.1, -0.05) is 22.0 Å². The average molecular weight is 429 g/mol. The van der Waals surface area contributed by atoms with Crippen molar-refractivity contribution in [3.63, 3.8) is 0 Å². The molecule has 1 fully saturated rings. The molecule has 27 heavy (non-hydrogen) atoms. The molecule has 1 aromatic heterocycles. The first-order valence-corrected chi connectivity index (χ1v) is 9.50. The Morgan fingerprint density at radius 3 is 2.48 bits per heavy atom. The van der Waals surface area contributed by atoms with Gasteiger partial charge in [-0.15, -0.1) is 0 Å². The van der Waals surface area contributed by atoms with E-state index in [1.165, 1.54) is 12.1 Å². The zero-order valence-electron chi connectivity index (χ0n) is 14.5. The van der Waals surface area contributed by atoms with Crippen molar-refractivity contribution in [1.82, 2.24) is 15.1 Å². The number of nitrogens with one attached hydrogen (secondary N) is 1. The van der Waals surface area contributed by atoms with Crippen LogP contribution in [0.5, 0.6) is 0 Å². The predicted molar refractivity (Wildman–Crippen MR) is 106 cm³/mol. The summed E-state index contributed by atoms with van der Waals surface area (Å²) in [6.07, 6.45) is 0. The van der Waals surface area contributed by atoms with Gasteiger partial charge in [0.1, 0.15) is 5.82 Å². The Morgan fingerprint density at radius 2 is 1.78 bits per heavy atom. The van der Waals surface area contributed by atoms with Gasteiger partial charge in [0, 0.05) is 42.3 Å². The zero-order chi connectivity index (χ0) is 18.8. The van der Waals surface area contributed by atoms with E-state index < -0.39 is 0 Å². The fraction of sp³-hybridized carbons (Fsp3) is 0.200. The van der Waals surface area contributed by atoms with Gasteiger partial charge in [0.05, 0.1) is 5.69 Å². The van der Waals surface area contributed by atoms with Crippen molar-refractivity contribution >= 4 is 27.7 Å². The molecule has 5 nitrogen and oxygen atoms in total. The lowest BCUT2D eigenvalue weighted by Crippen LogP contribution is -2.48. The number of anilines is 1. The quantitative estimate of drug-likeness (QED) is 0.687. The summed E-state index contributed by atoms with van der Waals surface area (Å²) in [5, 5.41) is 7.38. The molecule has 1 saturated heterocycles. The van der Waals surface area contributed by atoms with Gasteiger partial charge < -0.3 is 9.80 Å². The molecular formula is C20H18BrFN4O. The molecule has 0 radical (unpaired) electrons. The van der Waals surface area contributed by atoms with Crippen LogP contribution in [-0.4, -0.2) is 47.2 Å². The summed E-state index contributed by atoms with van der Waals surface area (Å²) in [7, 11) is 0. The van der Waals surface area contributed by atoms with Crippen LogP contribution in [-0.2, 0) is 0 Å². The summed E-state index contributed by atoms with van der Waals surface area (Å²) in [6.45, 7) is 2.72. The van der Waals surface area contributed by atoms with Crippen molar-refractivity contribution in [1.29, 1.82) is 0 Å². The molecule has 0 unspecified atom stereocenters. The van der Waals surface area contributed by atoms with E-state index in [2.05, 4.69) is 31.0 Å². The maximum absolute atomic E-state index is 13.1. The molecule has 1 amide bonds. The minimum atomic E-state index is -0.260. The van der Waals surface area contributed by atoms with Crippen LogP contribution in [0.15, 0.2) is 59.1 Å². The smallest absolute Gasteiger partial charge is 0.254 e. The number of halogens is 2. The molecule has 0 bridgehead atoms. The molecule has 1 N–H and O–H groups in total. The Kier molecular flexibility index (Phi) is 4.94. The number of benzene rings is 2. The highest BCUT2D eigenvalue weighted by molar-refractivity contribution is 9.10. The number of rotatable bonds is 3.